The van der Waals surface area contributed by atoms with Crippen LogP contribution in [-0.4, -0.2) is 32.7 Å². The van der Waals surface area contributed by atoms with E-state index >= 15 is 0 Å². The molecule has 0 radical (unpaired) electrons. The van der Waals surface area contributed by atoms with E-state index in [1.54, 1.807) is 19.2 Å². The number of alkyl halides is 1. The van der Waals surface area contributed by atoms with Gasteiger partial charge in [0.15, 0.2) is 25.2 Å². The van der Waals surface area contributed by atoms with Crippen LogP contribution in [0.3, 0.4) is 0 Å². The molecule has 32 heavy (non-hydrogen) atoms. The van der Waals surface area contributed by atoms with Crippen molar-refractivity contribution in [2.45, 2.75) is 76.3 Å². The van der Waals surface area contributed by atoms with Crippen molar-refractivity contribution < 1.29 is 23.1 Å². The Morgan fingerprint density at radius 2 is 1.75 bits per heavy atom. The Balaban J connectivity index is 2.44. The van der Waals surface area contributed by atoms with Crippen LogP contribution >= 0.6 is 15.9 Å². The molecule has 8 heteroatoms. The zero-order valence-corrected chi connectivity index (χ0v) is 22.9. The van der Waals surface area contributed by atoms with E-state index in [0.717, 1.165) is 5.51 Å². The predicted octanol–water partition coefficient (Wildman–Crippen LogP) is 6.30. The van der Waals surface area contributed by atoms with Crippen LogP contribution in [0.5, 0.6) is 5.75 Å². The van der Waals surface area contributed by atoms with Gasteiger partial charge in [-0.15, -0.1) is 0 Å². The minimum atomic E-state index is -2.02. The van der Waals surface area contributed by atoms with E-state index in [9.17, 15) is 9.18 Å². The number of carbonyl (C=O) groups excluding carboxylic acids is 1. The molecule has 0 aliphatic carbocycles. The maximum Gasteiger partial charge on any atom is 0.324 e. The molecular formula is C24H35BrFNO4Si. The highest BCUT2D eigenvalue weighted by Crippen LogP contribution is 2.41. The molecule has 1 aromatic heterocycles. The maximum atomic E-state index is 14.8. The Morgan fingerprint density at radius 3 is 2.25 bits per heavy atom. The second-order valence-corrected chi connectivity index (χ2v) is 15.7. The Labute approximate surface area is 200 Å². The van der Waals surface area contributed by atoms with Crippen LogP contribution < -0.4 is 10.3 Å². The summed E-state index contributed by atoms with van der Waals surface area (Å²) >= 11 is 3.32. The topological polar surface area (TPSA) is 61.6 Å². The number of aromatic nitrogens is 1. The summed E-state index contributed by atoms with van der Waals surface area (Å²) in [4.78, 5) is 16.1. The molecule has 0 bridgehead atoms. The zero-order valence-electron chi connectivity index (χ0n) is 20.3. The Morgan fingerprint density at radius 1 is 1.16 bits per heavy atom. The van der Waals surface area contributed by atoms with Gasteiger partial charge in [0.05, 0.1) is 19.9 Å². The van der Waals surface area contributed by atoms with Crippen molar-refractivity contribution in [2.75, 3.05) is 13.7 Å². The standard InChI is InChI=1S/C24H35BrFNO4Si/c1-9-30-23(28)21(25)19-11-17(12-20(26)22(19)29-8)10-18-13-27-24(31-18)32(14(2)3,15(4)5)16(6)7/h11-16,21H,9-10H2,1-8H3. The Kier molecular flexibility index (Phi) is 9.11. The molecule has 1 heterocycles. The van der Waals surface area contributed by atoms with Crippen molar-refractivity contribution in [1.29, 1.82) is 0 Å². The fourth-order valence-corrected chi connectivity index (χ4v) is 11.6. The fraction of sp³-hybridized carbons (Fsp3) is 0.583. The van der Waals surface area contributed by atoms with Crippen molar-refractivity contribution in [3.63, 3.8) is 0 Å². The number of halogens is 2. The van der Waals surface area contributed by atoms with Crippen LogP contribution in [0, 0.1) is 5.82 Å². The summed E-state index contributed by atoms with van der Waals surface area (Å²) in [5.41, 5.74) is 3.32. The van der Waals surface area contributed by atoms with Gasteiger partial charge >= 0.3 is 5.97 Å². The third-order valence-corrected chi connectivity index (χ3v) is 13.8. The zero-order chi connectivity index (χ0) is 24.2. The molecule has 0 saturated heterocycles. The van der Waals surface area contributed by atoms with E-state index in [4.69, 9.17) is 18.9 Å². The van der Waals surface area contributed by atoms with Gasteiger partial charge < -0.3 is 13.9 Å². The van der Waals surface area contributed by atoms with Gasteiger partial charge in [-0.1, -0.05) is 57.5 Å². The lowest BCUT2D eigenvalue weighted by molar-refractivity contribution is -0.142. The van der Waals surface area contributed by atoms with Gasteiger partial charge in [0, 0.05) is 12.0 Å². The summed E-state index contributed by atoms with van der Waals surface area (Å²) in [6, 6.07) is 3.16. The number of benzene rings is 1. The lowest BCUT2D eigenvalue weighted by Crippen LogP contribution is -2.56. The number of carbonyl (C=O) groups is 1. The summed E-state index contributed by atoms with van der Waals surface area (Å²) in [6.45, 7) is 15.5. The van der Waals surface area contributed by atoms with E-state index in [-0.39, 0.29) is 12.4 Å². The van der Waals surface area contributed by atoms with Gasteiger partial charge in [-0.05, 0) is 41.2 Å². The monoisotopic (exact) mass is 527 g/mol. The first-order valence-corrected chi connectivity index (χ1v) is 14.3. The highest BCUT2D eigenvalue weighted by molar-refractivity contribution is 9.09. The first-order chi connectivity index (χ1) is 15.0. The Hall–Kier alpha value is -1.67. The molecule has 178 valence electrons. The SMILES string of the molecule is CCOC(=O)C(Br)c1cc(Cc2cnc([Si](C(C)C)(C(C)C)C(C)C)o2)cc(F)c1OC. The van der Waals surface area contributed by atoms with E-state index in [0.29, 0.717) is 39.9 Å². The predicted molar refractivity (Wildman–Crippen MR) is 131 cm³/mol. The normalized spacial score (nSPS) is 13.2. The van der Waals surface area contributed by atoms with E-state index in [2.05, 4.69) is 57.5 Å². The van der Waals surface area contributed by atoms with Gasteiger partial charge in [-0.25, -0.2) is 9.37 Å². The van der Waals surface area contributed by atoms with E-state index in [1.807, 2.05) is 0 Å². The number of ether oxygens (including phenoxy) is 2. The van der Waals surface area contributed by atoms with Crippen molar-refractivity contribution in [3.05, 3.63) is 41.0 Å². The van der Waals surface area contributed by atoms with Crippen LogP contribution in [0.1, 0.15) is 70.2 Å². The number of hydrogen-bond donors (Lipinski definition) is 0. The van der Waals surface area contributed by atoms with Gasteiger partial charge in [0.25, 0.3) is 0 Å². The third kappa shape index (κ3) is 5.11. The van der Waals surface area contributed by atoms with Crippen molar-refractivity contribution in [3.8, 4) is 5.75 Å². The summed E-state index contributed by atoms with van der Waals surface area (Å²) < 4.78 is 31.4. The molecule has 0 saturated carbocycles. The number of oxazole rings is 1. The van der Waals surface area contributed by atoms with Crippen LogP contribution in [0.2, 0.25) is 16.6 Å². The molecule has 0 aliphatic rings. The lowest BCUT2D eigenvalue weighted by atomic mass is 10.0. The quantitative estimate of drug-likeness (QED) is 0.206. The highest BCUT2D eigenvalue weighted by Gasteiger charge is 2.48. The van der Waals surface area contributed by atoms with Crippen molar-refractivity contribution in [2.24, 2.45) is 0 Å². The average Bonchev–Trinajstić information content (AvgIpc) is 3.15. The molecule has 1 unspecified atom stereocenters. The molecule has 0 aliphatic heterocycles. The van der Waals surface area contributed by atoms with E-state index in [1.165, 1.54) is 13.2 Å². The van der Waals surface area contributed by atoms with Crippen molar-refractivity contribution >= 4 is 35.5 Å². The molecule has 5 nitrogen and oxygen atoms in total. The number of esters is 1. The van der Waals surface area contributed by atoms with Gasteiger partial charge in [-0.2, -0.15) is 0 Å². The van der Waals surface area contributed by atoms with Crippen molar-refractivity contribution in [1.82, 2.24) is 4.98 Å². The summed E-state index contributed by atoms with van der Waals surface area (Å²) in [6.07, 6.45) is 2.12. The highest BCUT2D eigenvalue weighted by atomic mass is 79.9. The molecule has 0 fully saturated rings. The first-order valence-electron chi connectivity index (χ1n) is 11.1. The lowest BCUT2D eigenvalue weighted by Gasteiger charge is -2.39. The molecule has 2 aromatic rings. The molecule has 2 rings (SSSR count). The van der Waals surface area contributed by atoms with Gasteiger partial charge in [0.1, 0.15) is 10.6 Å². The molecule has 0 N–H and O–H groups in total. The molecule has 0 spiro atoms. The number of rotatable bonds is 10. The minimum Gasteiger partial charge on any atom is -0.493 e. The Bertz CT molecular complexity index is 907. The number of methoxy groups -OCH3 is 1. The van der Waals surface area contributed by atoms with Crippen LogP contribution in [0.4, 0.5) is 4.39 Å². The maximum absolute atomic E-state index is 14.8. The number of hydrogen-bond acceptors (Lipinski definition) is 5. The van der Waals surface area contributed by atoms with E-state index < -0.39 is 24.7 Å². The minimum absolute atomic E-state index is 0.0211. The van der Waals surface area contributed by atoms with Crippen LogP contribution in [0.15, 0.2) is 22.7 Å². The second kappa shape index (κ2) is 11.0. The first kappa shape index (κ1) is 26.6. The molecule has 1 aromatic carbocycles. The fourth-order valence-electron chi connectivity index (χ4n) is 5.05. The summed E-state index contributed by atoms with van der Waals surface area (Å²) in [7, 11) is -0.641. The molecule has 1 atom stereocenters. The average molecular weight is 529 g/mol. The van der Waals surface area contributed by atoms with Crippen LogP contribution in [-0.2, 0) is 16.0 Å². The van der Waals surface area contributed by atoms with Gasteiger partial charge in [-0.3, -0.25) is 4.79 Å². The largest absolute Gasteiger partial charge is 0.493 e. The number of nitrogens with zero attached hydrogens (tertiary/aromatic N) is 1. The molecule has 0 amide bonds. The summed E-state index contributed by atoms with van der Waals surface area (Å²) in [5, 5.41) is 0. The third-order valence-electron chi connectivity index (χ3n) is 6.27. The van der Waals surface area contributed by atoms with Gasteiger partial charge in [0.2, 0.25) is 0 Å². The molecular weight excluding hydrogens is 493 g/mol. The summed E-state index contributed by atoms with van der Waals surface area (Å²) in [5.74, 6) is -0.334. The smallest absolute Gasteiger partial charge is 0.324 e. The van der Waals surface area contributed by atoms with Crippen LogP contribution in [0.25, 0.3) is 0 Å². The second-order valence-electron chi connectivity index (χ2n) is 9.02.